The number of hydrazone groups is 1. The molecule has 182 valence electrons. The molecule has 0 aliphatic carbocycles. The number of carbonyl (C=O) groups excluding carboxylic acids is 1. The van der Waals surface area contributed by atoms with Crippen LogP contribution in [-0.2, 0) is 4.79 Å². The largest absolute Gasteiger partial charge is 0.497 e. The standard InChI is InChI=1S/C25H22N6O4S/c1-17-7-9-18(10-8-17)24-28-29-25(30(24)20-11-13-21(35-2)14-12-20)36-16-23(32)27-26-15-19-5-3-4-6-22(19)31(33)34/h3-15H,16H2,1-2H3,(H,27,32)/b26-15-. The Kier molecular flexibility index (Phi) is 7.71. The summed E-state index contributed by atoms with van der Waals surface area (Å²) in [4.78, 5) is 23.0. The Morgan fingerprint density at radius 3 is 2.53 bits per heavy atom. The molecule has 0 saturated heterocycles. The molecule has 1 N–H and O–H groups in total. The van der Waals surface area contributed by atoms with Crippen molar-refractivity contribution in [1.29, 1.82) is 0 Å². The van der Waals surface area contributed by atoms with Gasteiger partial charge in [0.25, 0.3) is 11.6 Å². The second-order valence-electron chi connectivity index (χ2n) is 7.60. The first-order valence-electron chi connectivity index (χ1n) is 10.8. The zero-order valence-corrected chi connectivity index (χ0v) is 20.3. The van der Waals surface area contributed by atoms with E-state index in [1.54, 1.807) is 25.3 Å². The molecule has 36 heavy (non-hydrogen) atoms. The van der Waals surface area contributed by atoms with Gasteiger partial charge >= 0.3 is 0 Å². The second kappa shape index (κ2) is 11.3. The molecule has 0 saturated carbocycles. The van der Waals surface area contributed by atoms with Gasteiger partial charge in [-0.3, -0.25) is 19.5 Å². The summed E-state index contributed by atoms with van der Waals surface area (Å²) in [5.74, 6) is 0.971. The number of thioether (sulfide) groups is 1. The zero-order valence-electron chi connectivity index (χ0n) is 19.5. The Morgan fingerprint density at radius 2 is 1.83 bits per heavy atom. The van der Waals surface area contributed by atoms with Crippen LogP contribution in [0.15, 0.2) is 83.1 Å². The molecule has 1 amide bonds. The third-order valence-corrected chi connectivity index (χ3v) is 6.06. The van der Waals surface area contributed by atoms with Gasteiger partial charge in [0.1, 0.15) is 5.75 Å². The molecule has 0 radical (unpaired) electrons. The van der Waals surface area contributed by atoms with Crippen molar-refractivity contribution in [2.24, 2.45) is 5.10 Å². The molecule has 0 unspecified atom stereocenters. The predicted molar refractivity (Wildman–Crippen MR) is 138 cm³/mol. The molecule has 10 nitrogen and oxygen atoms in total. The van der Waals surface area contributed by atoms with E-state index in [2.05, 4.69) is 20.7 Å². The highest BCUT2D eigenvalue weighted by Gasteiger charge is 2.17. The number of para-hydroxylation sites is 1. The van der Waals surface area contributed by atoms with E-state index in [0.29, 0.717) is 16.7 Å². The van der Waals surface area contributed by atoms with E-state index in [9.17, 15) is 14.9 Å². The minimum absolute atomic E-state index is 0.0103. The van der Waals surface area contributed by atoms with Gasteiger partial charge in [0, 0.05) is 17.3 Å². The van der Waals surface area contributed by atoms with Gasteiger partial charge in [-0.15, -0.1) is 10.2 Å². The number of hydrogen-bond donors (Lipinski definition) is 1. The van der Waals surface area contributed by atoms with Gasteiger partial charge in [-0.05, 0) is 37.3 Å². The number of nitro benzene ring substituents is 1. The van der Waals surface area contributed by atoms with Crippen LogP contribution in [-0.4, -0.2) is 44.7 Å². The Balaban J connectivity index is 1.52. The number of hydrogen-bond acceptors (Lipinski definition) is 8. The second-order valence-corrected chi connectivity index (χ2v) is 8.55. The third-order valence-electron chi connectivity index (χ3n) is 5.13. The lowest BCUT2D eigenvalue weighted by atomic mass is 10.1. The summed E-state index contributed by atoms with van der Waals surface area (Å²) in [5.41, 5.74) is 5.42. The Hall–Kier alpha value is -4.51. The monoisotopic (exact) mass is 502 g/mol. The first-order chi connectivity index (χ1) is 17.5. The lowest BCUT2D eigenvalue weighted by Gasteiger charge is -2.11. The van der Waals surface area contributed by atoms with Gasteiger partial charge in [0.2, 0.25) is 0 Å². The number of benzene rings is 3. The van der Waals surface area contributed by atoms with Crippen LogP contribution in [0.5, 0.6) is 5.75 Å². The predicted octanol–water partition coefficient (Wildman–Crippen LogP) is 4.40. The number of rotatable bonds is 9. The van der Waals surface area contributed by atoms with Crippen LogP contribution in [0, 0.1) is 17.0 Å². The third kappa shape index (κ3) is 5.76. The molecule has 1 aromatic heterocycles. The fourth-order valence-electron chi connectivity index (χ4n) is 3.32. The number of ether oxygens (including phenoxy) is 1. The zero-order chi connectivity index (χ0) is 25.5. The van der Waals surface area contributed by atoms with Crippen molar-refractivity contribution in [3.8, 4) is 22.8 Å². The maximum atomic E-state index is 12.4. The summed E-state index contributed by atoms with van der Waals surface area (Å²) in [5, 5.41) is 24.2. The fraction of sp³-hybridized carbons (Fsp3) is 0.120. The molecule has 11 heteroatoms. The van der Waals surface area contributed by atoms with Gasteiger partial charge in [-0.1, -0.05) is 53.7 Å². The van der Waals surface area contributed by atoms with Crippen LogP contribution in [0.4, 0.5) is 5.69 Å². The molecule has 0 bridgehead atoms. The van der Waals surface area contributed by atoms with Crippen LogP contribution in [0.3, 0.4) is 0 Å². The molecule has 4 aromatic rings. The van der Waals surface area contributed by atoms with Crippen LogP contribution in [0.1, 0.15) is 11.1 Å². The number of nitrogens with zero attached hydrogens (tertiary/aromatic N) is 5. The Labute approximate surface area is 211 Å². The molecule has 0 aliphatic heterocycles. The maximum absolute atomic E-state index is 12.4. The van der Waals surface area contributed by atoms with E-state index in [-0.39, 0.29) is 17.0 Å². The summed E-state index contributed by atoms with van der Waals surface area (Å²) in [7, 11) is 1.60. The van der Waals surface area contributed by atoms with Crippen LogP contribution < -0.4 is 10.2 Å². The summed E-state index contributed by atoms with van der Waals surface area (Å²) in [6, 6.07) is 21.5. The molecular formula is C25H22N6O4S. The molecular weight excluding hydrogens is 480 g/mol. The number of nitrogens with one attached hydrogen (secondary N) is 1. The molecule has 1 heterocycles. The van der Waals surface area contributed by atoms with Crippen LogP contribution >= 0.6 is 11.8 Å². The lowest BCUT2D eigenvalue weighted by Crippen LogP contribution is -2.20. The number of nitro groups is 1. The van der Waals surface area contributed by atoms with E-state index in [1.807, 2.05) is 60.0 Å². The van der Waals surface area contributed by atoms with Crippen molar-refractivity contribution >= 4 is 29.6 Å². The fourth-order valence-corrected chi connectivity index (χ4v) is 4.06. The highest BCUT2D eigenvalue weighted by molar-refractivity contribution is 7.99. The van der Waals surface area contributed by atoms with Crippen LogP contribution in [0.2, 0.25) is 0 Å². The first-order valence-corrected chi connectivity index (χ1v) is 11.8. The van der Waals surface area contributed by atoms with Gasteiger partial charge < -0.3 is 4.74 Å². The molecule has 0 fully saturated rings. The highest BCUT2D eigenvalue weighted by Crippen LogP contribution is 2.29. The normalized spacial score (nSPS) is 10.9. The Bertz CT molecular complexity index is 1400. The van der Waals surface area contributed by atoms with E-state index in [0.717, 1.165) is 16.8 Å². The van der Waals surface area contributed by atoms with Gasteiger partial charge in [0.15, 0.2) is 11.0 Å². The molecule has 4 rings (SSSR count). The van der Waals surface area contributed by atoms with Crippen molar-refractivity contribution in [2.45, 2.75) is 12.1 Å². The van der Waals surface area contributed by atoms with Crippen molar-refractivity contribution in [1.82, 2.24) is 20.2 Å². The van der Waals surface area contributed by atoms with E-state index < -0.39 is 10.8 Å². The summed E-state index contributed by atoms with van der Waals surface area (Å²) >= 11 is 1.20. The average Bonchev–Trinajstić information content (AvgIpc) is 3.32. The van der Waals surface area contributed by atoms with Crippen molar-refractivity contribution in [3.63, 3.8) is 0 Å². The van der Waals surface area contributed by atoms with E-state index in [4.69, 9.17) is 4.74 Å². The van der Waals surface area contributed by atoms with E-state index >= 15 is 0 Å². The topological polar surface area (TPSA) is 125 Å². The number of carbonyl (C=O) groups is 1. The number of aryl methyl sites for hydroxylation is 1. The summed E-state index contributed by atoms with van der Waals surface area (Å²) in [6.07, 6.45) is 1.25. The quantitative estimate of drug-likeness (QED) is 0.156. The van der Waals surface area contributed by atoms with Gasteiger partial charge in [-0.25, -0.2) is 5.43 Å². The number of amides is 1. The van der Waals surface area contributed by atoms with Crippen molar-refractivity contribution in [2.75, 3.05) is 12.9 Å². The molecule has 3 aromatic carbocycles. The summed E-state index contributed by atoms with van der Waals surface area (Å²) in [6.45, 7) is 2.01. The average molecular weight is 503 g/mol. The minimum Gasteiger partial charge on any atom is -0.497 e. The van der Waals surface area contributed by atoms with E-state index in [1.165, 1.54) is 24.0 Å². The number of aromatic nitrogens is 3. The first kappa shape index (κ1) is 24.6. The lowest BCUT2D eigenvalue weighted by molar-refractivity contribution is -0.385. The minimum atomic E-state index is -0.503. The highest BCUT2D eigenvalue weighted by atomic mass is 32.2. The number of methoxy groups -OCH3 is 1. The van der Waals surface area contributed by atoms with Crippen molar-refractivity contribution < 1.29 is 14.5 Å². The summed E-state index contributed by atoms with van der Waals surface area (Å²) < 4.78 is 7.14. The maximum Gasteiger partial charge on any atom is 0.278 e. The van der Waals surface area contributed by atoms with Gasteiger partial charge in [-0.2, -0.15) is 5.10 Å². The SMILES string of the molecule is COc1ccc(-n2c(SCC(=O)N/N=C\c3ccccc3[N+](=O)[O-])nnc2-c2ccc(C)cc2)cc1. The molecule has 0 spiro atoms. The Morgan fingerprint density at radius 1 is 1.11 bits per heavy atom. The van der Waals surface area contributed by atoms with Crippen molar-refractivity contribution in [3.05, 3.63) is 94.0 Å². The van der Waals surface area contributed by atoms with Gasteiger partial charge in [0.05, 0.1) is 29.6 Å². The smallest absolute Gasteiger partial charge is 0.278 e. The molecule has 0 atom stereocenters. The molecule has 0 aliphatic rings. The van der Waals surface area contributed by atoms with Crippen LogP contribution in [0.25, 0.3) is 17.1 Å².